The summed E-state index contributed by atoms with van der Waals surface area (Å²) in [4.78, 5) is 0. The van der Waals surface area contributed by atoms with E-state index in [0.29, 0.717) is 0 Å². The molecule has 0 saturated heterocycles. The van der Waals surface area contributed by atoms with Gasteiger partial charge in [0.25, 0.3) is 0 Å². The molecule has 1 radical (unpaired) electrons. The predicted octanol–water partition coefficient (Wildman–Crippen LogP) is 1.30. The van der Waals surface area contributed by atoms with Crippen molar-refractivity contribution < 1.29 is 5.11 Å². The number of allylic oxidation sites excluding steroid dienone is 3. The molecular weight excluding hydrogens is 112 g/mol. The molecular formula is C8H11O. The summed E-state index contributed by atoms with van der Waals surface area (Å²) >= 11 is 0. The monoisotopic (exact) mass is 123 g/mol. The summed E-state index contributed by atoms with van der Waals surface area (Å²) in [5, 5.41) is 8.85. The molecule has 1 nitrogen and oxygen atoms in total. The fourth-order valence-electron chi connectivity index (χ4n) is 0.815. The molecule has 0 spiro atoms. The van der Waals surface area contributed by atoms with E-state index >= 15 is 0 Å². The van der Waals surface area contributed by atoms with E-state index in [-0.39, 0.29) is 12.0 Å². The Hall–Kier alpha value is -0.560. The molecule has 0 aliphatic heterocycles. The molecule has 0 amide bonds. The molecule has 49 valence electrons. The molecule has 1 unspecified atom stereocenters. The fraction of sp³-hybridized carbons (Fsp3) is 0.500. The largest absolute Gasteiger partial charge is 0.395 e. The molecule has 1 atom stereocenters. The summed E-state index contributed by atoms with van der Waals surface area (Å²) in [6.07, 6.45) is 9.72. The van der Waals surface area contributed by atoms with Crippen LogP contribution in [0, 0.1) is 11.5 Å². The Morgan fingerprint density at radius 3 is 2.89 bits per heavy atom. The number of aliphatic hydroxyl groups is 1. The molecule has 1 N–H and O–H groups in total. The van der Waals surface area contributed by atoms with E-state index < -0.39 is 0 Å². The normalized spacial score (nSPS) is 33.1. The maximum atomic E-state index is 8.85. The Morgan fingerprint density at radius 1 is 1.78 bits per heavy atom. The highest BCUT2D eigenvalue weighted by molar-refractivity contribution is 5.10. The first-order chi connectivity index (χ1) is 4.27. The van der Waals surface area contributed by atoms with Gasteiger partial charge in [-0.05, 0) is 12.5 Å². The first-order valence-corrected chi connectivity index (χ1v) is 3.13. The van der Waals surface area contributed by atoms with Gasteiger partial charge in [0, 0.05) is 5.41 Å². The smallest absolute Gasteiger partial charge is 0.0522 e. The van der Waals surface area contributed by atoms with Crippen LogP contribution < -0.4 is 0 Å². The van der Waals surface area contributed by atoms with Crippen LogP contribution in [0.3, 0.4) is 0 Å². The van der Waals surface area contributed by atoms with Crippen LogP contribution in [0.2, 0.25) is 0 Å². The fourth-order valence-corrected chi connectivity index (χ4v) is 0.815. The maximum absolute atomic E-state index is 8.85. The molecule has 9 heavy (non-hydrogen) atoms. The van der Waals surface area contributed by atoms with Crippen molar-refractivity contribution in [1.29, 1.82) is 0 Å². The van der Waals surface area contributed by atoms with Crippen molar-refractivity contribution in [2.75, 3.05) is 6.61 Å². The maximum Gasteiger partial charge on any atom is 0.0522 e. The van der Waals surface area contributed by atoms with Gasteiger partial charge in [0.15, 0.2) is 0 Å². The summed E-state index contributed by atoms with van der Waals surface area (Å²) < 4.78 is 0. The van der Waals surface area contributed by atoms with Crippen molar-refractivity contribution in [3.05, 3.63) is 24.3 Å². The molecule has 0 aromatic carbocycles. The summed E-state index contributed by atoms with van der Waals surface area (Å²) in [6.45, 7) is 2.23. The summed E-state index contributed by atoms with van der Waals surface area (Å²) in [7, 11) is 0. The first-order valence-electron chi connectivity index (χ1n) is 3.13. The van der Waals surface area contributed by atoms with Gasteiger partial charge in [0.05, 0.1) is 6.61 Å². The standard InChI is InChI=1S/C8H11O/c1-8(7-9)5-3-2-4-6-8/h2-3,6,9H,5,7H2,1H3. The molecule has 0 heterocycles. The van der Waals surface area contributed by atoms with Crippen molar-refractivity contribution in [3.63, 3.8) is 0 Å². The Balaban J connectivity index is 2.63. The van der Waals surface area contributed by atoms with Crippen LogP contribution in [0.5, 0.6) is 0 Å². The third kappa shape index (κ3) is 1.42. The van der Waals surface area contributed by atoms with Crippen molar-refractivity contribution in [2.24, 2.45) is 5.41 Å². The zero-order valence-electron chi connectivity index (χ0n) is 5.59. The van der Waals surface area contributed by atoms with E-state index in [4.69, 9.17) is 5.11 Å². The van der Waals surface area contributed by atoms with E-state index in [1.54, 1.807) is 0 Å². The molecule has 0 saturated carbocycles. The molecule has 1 aliphatic carbocycles. The minimum atomic E-state index is -0.0469. The Labute approximate surface area is 55.7 Å². The van der Waals surface area contributed by atoms with Crippen molar-refractivity contribution >= 4 is 0 Å². The summed E-state index contributed by atoms with van der Waals surface area (Å²) in [6, 6.07) is 0. The Bertz CT molecular complexity index is 147. The third-order valence-corrected chi connectivity index (χ3v) is 1.59. The molecule has 1 heteroatoms. The van der Waals surface area contributed by atoms with Crippen LogP contribution >= 0.6 is 0 Å². The van der Waals surface area contributed by atoms with Crippen LogP contribution in [0.25, 0.3) is 0 Å². The molecule has 0 bridgehead atoms. The highest BCUT2D eigenvalue weighted by Gasteiger charge is 2.18. The molecule has 0 fully saturated rings. The lowest BCUT2D eigenvalue weighted by Gasteiger charge is -2.22. The van der Waals surface area contributed by atoms with Crippen molar-refractivity contribution in [1.82, 2.24) is 0 Å². The van der Waals surface area contributed by atoms with Crippen LogP contribution in [0.4, 0.5) is 0 Å². The van der Waals surface area contributed by atoms with Gasteiger partial charge in [-0.25, -0.2) is 0 Å². The van der Waals surface area contributed by atoms with Crippen LogP contribution in [-0.2, 0) is 0 Å². The Morgan fingerprint density at radius 2 is 2.56 bits per heavy atom. The second kappa shape index (κ2) is 2.36. The van der Waals surface area contributed by atoms with E-state index in [1.807, 2.05) is 25.2 Å². The lowest BCUT2D eigenvalue weighted by Crippen LogP contribution is -2.18. The average molecular weight is 123 g/mol. The third-order valence-electron chi connectivity index (χ3n) is 1.59. The number of hydrogen-bond acceptors (Lipinski definition) is 1. The zero-order chi connectivity index (χ0) is 6.74. The van der Waals surface area contributed by atoms with Gasteiger partial charge in [0.1, 0.15) is 0 Å². The quantitative estimate of drug-likeness (QED) is 0.557. The van der Waals surface area contributed by atoms with Gasteiger partial charge in [-0.15, -0.1) is 0 Å². The highest BCUT2D eigenvalue weighted by Crippen LogP contribution is 2.25. The Kier molecular flexibility index (Phi) is 1.72. The van der Waals surface area contributed by atoms with E-state index in [0.717, 1.165) is 6.42 Å². The minimum Gasteiger partial charge on any atom is -0.395 e. The van der Waals surface area contributed by atoms with Crippen LogP contribution in [0.1, 0.15) is 13.3 Å². The van der Waals surface area contributed by atoms with Crippen molar-refractivity contribution in [2.45, 2.75) is 13.3 Å². The molecule has 1 rings (SSSR count). The predicted molar refractivity (Wildman–Crippen MR) is 36.8 cm³/mol. The van der Waals surface area contributed by atoms with Gasteiger partial charge in [-0.3, -0.25) is 0 Å². The number of hydrogen-bond donors (Lipinski definition) is 1. The summed E-state index contributed by atoms with van der Waals surface area (Å²) in [5.41, 5.74) is -0.0469. The van der Waals surface area contributed by atoms with Gasteiger partial charge in [-0.1, -0.05) is 25.2 Å². The average Bonchev–Trinajstić information content (AvgIpc) is 1.90. The second-order valence-electron chi connectivity index (χ2n) is 2.73. The van der Waals surface area contributed by atoms with Gasteiger partial charge < -0.3 is 5.11 Å². The van der Waals surface area contributed by atoms with Gasteiger partial charge in [0.2, 0.25) is 0 Å². The van der Waals surface area contributed by atoms with E-state index in [9.17, 15) is 0 Å². The second-order valence-corrected chi connectivity index (χ2v) is 2.73. The molecule has 0 aromatic rings. The van der Waals surface area contributed by atoms with Crippen LogP contribution in [0.15, 0.2) is 18.2 Å². The van der Waals surface area contributed by atoms with E-state index in [2.05, 4.69) is 6.08 Å². The minimum absolute atomic E-state index is 0.0469. The lowest BCUT2D eigenvalue weighted by molar-refractivity contribution is 0.185. The number of aliphatic hydroxyl groups excluding tert-OH is 1. The van der Waals surface area contributed by atoms with Crippen LogP contribution in [-0.4, -0.2) is 11.7 Å². The lowest BCUT2D eigenvalue weighted by atomic mass is 9.85. The van der Waals surface area contributed by atoms with Gasteiger partial charge >= 0.3 is 0 Å². The zero-order valence-corrected chi connectivity index (χ0v) is 5.59. The highest BCUT2D eigenvalue weighted by atomic mass is 16.3. The van der Waals surface area contributed by atoms with Gasteiger partial charge in [-0.2, -0.15) is 0 Å². The summed E-state index contributed by atoms with van der Waals surface area (Å²) in [5.74, 6) is 0. The van der Waals surface area contributed by atoms with E-state index in [1.165, 1.54) is 0 Å². The molecule has 0 aromatic heterocycles. The molecule has 1 aliphatic rings. The topological polar surface area (TPSA) is 20.2 Å². The first kappa shape index (κ1) is 6.56. The van der Waals surface area contributed by atoms with Crippen molar-refractivity contribution in [3.8, 4) is 0 Å². The SMILES string of the molecule is CC1(CO)C=[C]C=CC1. The number of rotatable bonds is 1.